The summed E-state index contributed by atoms with van der Waals surface area (Å²) in [6.45, 7) is 0. The van der Waals surface area contributed by atoms with Gasteiger partial charge in [0.15, 0.2) is 10.6 Å². The number of para-hydroxylation sites is 1. The number of fused-ring (bicyclic) bond motifs is 5. The molecule has 152 valence electrons. The number of ether oxygens (including phenoxy) is 1. The van der Waals surface area contributed by atoms with Crippen molar-refractivity contribution >= 4 is 32.4 Å². The quantitative estimate of drug-likeness (QED) is 0.284. The molecule has 0 saturated carbocycles. The summed E-state index contributed by atoms with van der Waals surface area (Å²) in [5.41, 5.74) is 7.58. The van der Waals surface area contributed by atoms with Crippen molar-refractivity contribution in [1.82, 2.24) is 5.16 Å². The Kier molecular flexibility index (Phi) is 3.78. The van der Waals surface area contributed by atoms with Crippen LogP contribution >= 0.6 is 11.3 Å². The maximum atomic E-state index is 6.68. The Morgan fingerprint density at radius 3 is 2.56 bits per heavy atom. The summed E-state index contributed by atoms with van der Waals surface area (Å²) >= 11 is 1.66. The fraction of sp³-hybridized carbons (Fsp3) is 0.0357. The minimum absolute atomic E-state index is 0.777. The molecule has 2 aromatic heterocycles. The Hall–Kier alpha value is -3.89. The number of benzene rings is 4. The van der Waals surface area contributed by atoms with Crippen LogP contribution in [0.1, 0.15) is 11.1 Å². The molecule has 0 aliphatic heterocycles. The summed E-state index contributed by atoms with van der Waals surface area (Å²) in [7, 11) is 0. The third-order valence-corrected chi connectivity index (χ3v) is 7.17. The molecule has 1 aliphatic rings. The molecule has 7 rings (SSSR count). The van der Waals surface area contributed by atoms with E-state index in [0.29, 0.717) is 0 Å². The lowest BCUT2D eigenvalue weighted by Gasteiger charge is -2.14. The smallest absolute Gasteiger partial charge is 0.182 e. The molecule has 2 heterocycles. The molecule has 1 aliphatic carbocycles. The van der Waals surface area contributed by atoms with Crippen LogP contribution in [-0.4, -0.2) is 5.16 Å². The van der Waals surface area contributed by atoms with E-state index >= 15 is 0 Å². The lowest BCUT2D eigenvalue weighted by Crippen LogP contribution is -1.94. The Balaban J connectivity index is 1.46. The van der Waals surface area contributed by atoms with Crippen molar-refractivity contribution in [3.05, 3.63) is 102 Å². The van der Waals surface area contributed by atoms with Gasteiger partial charge in [0.05, 0.1) is 0 Å². The largest absolute Gasteiger partial charge is 0.446 e. The van der Waals surface area contributed by atoms with Crippen molar-refractivity contribution in [2.75, 3.05) is 0 Å². The van der Waals surface area contributed by atoms with Crippen molar-refractivity contribution in [2.45, 2.75) is 6.42 Å². The molecule has 4 heteroatoms. The van der Waals surface area contributed by atoms with Crippen molar-refractivity contribution < 1.29 is 9.26 Å². The topological polar surface area (TPSA) is 35.3 Å². The standard InChI is InChI=1S/C28H17NO2S/c1-3-9-19-17(7-1)15-23-20(19)13-14-22(27-21-10-4-5-11-24(21)31-29-27)28(23)30-26-16-18-8-2-6-12-25(18)32-26/h1-14,16H,15H2. The van der Waals surface area contributed by atoms with Gasteiger partial charge in [-0.1, -0.05) is 77.2 Å². The van der Waals surface area contributed by atoms with Crippen molar-refractivity contribution in [2.24, 2.45) is 0 Å². The summed E-state index contributed by atoms with van der Waals surface area (Å²) in [5, 5.41) is 7.49. The minimum Gasteiger partial charge on any atom is -0.446 e. The predicted octanol–water partition coefficient (Wildman–Crippen LogP) is 8.07. The molecule has 6 aromatic rings. The van der Waals surface area contributed by atoms with Crippen LogP contribution in [0.2, 0.25) is 0 Å². The van der Waals surface area contributed by atoms with E-state index in [2.05, 4.69) is 71.9 Å². The van der Waals surface area contributed by atoms with E-state index in [1.54, 1.807) is 11.3 Å². The lowest BCUT2D eigenvalue weighted by atomic mass is 9.99. The molecule has 0 amide bonds. The van der Waals surface area contributed by atoms with E-state index in [4.69, 9.17) is 9.26 Å². The highest BCUT2D eigenvalue weighted by molar-refractivity contribution is 7.20. The van der Waals surface area contributed by atoms with Crippen molar-refractivity contribution in [1.29, 1.82) is 0 Å². The molecule has 0 bridgehead atoms. The monoisotopic (exact) mass is 431 g/mol. The summed E-state index contributed by atoms with van der Waals surface area (Å²) < 4.78 is 13.5. The second kappa shape index (κ2) is 6.81. The van der Waals surface area contributed by atoms with Crippen LogP contribution in [-0.2, 0) is 6.42 Å². The minimum atomic E-state index is 0.777. The Morgan fingerprint density at radius 1 is 0.781 bits per heavy atom. The molecule has 0 fully saturated rings. The fourth-order valence-electron chi connectivity index (χ4n) is 4.67. The van der Waals surface area contributed by atoms with Crippen LogP contribution < -0.4 is 4.74 Å². The average molecular weight is 432 g/mol. The Labute approximate surface area is 188 Å². The van der Waals surface area contributed by atoms with Gasteiger partial charge >= 0.3 is 0 Å². The van der Waals surface area contributed by atoms with Gasteiger partial charge in [0, 0.05) is 33.7 Å². The molecular weight excluding hydrogens is 414 g/mol. The first kappa shape index (κ1) is 17.8. The molecular formula is C28H17NO2S. The average Bonchev–Trinajstić information content (AvgIpc) is 3.54. The van der Waals surface area contributed by atoms with Gasteiger partial charge in [0.1, 0.15) is 11.4 Å². The van der Waals surface area contributed by atoms with Gasteiger partial charge in [-0.15, -0.1) is 0 Å². The Morgan fingerprint density at radius 2 is 1.59 bits per heavy atom. The molecule has 0 radical (unpaired) electrons. The second-order valence-electron chi connectivity index (χ2n) is 8.03. The highest BCUT2D eigenvalue weighted by Gasteiger charge is 2.27. The molecule has 0 saturated heterocycles. The van der Waals surface area contributed by atoms with Gasteiger partial charge in [0.25, 0.3) is 0 Å². The number of rotatable bonds is 3. The summed E-state index contributed by atoms with van der Waals surface area (Å²) in [6, 6.07) is 31.4. The second-order valence-corrected chi connectivity index (χ2v) is 9.08. The van der Waals surface area contributed by atoms with E-state index in [0.717, 1.165) is 39.5 Å². The van der Waals surface area contributed by atoms with Gasteiger partial charge < -0.3 is 9.26 Å². The van der Waals surface area contributed by atoms with E-state index < -0.39 is 0 Å². The molecule has 3 nitrogen and oxygen atoms in total. The SMILES string of the molecule is c1ccc2c(c1)Cc1c-2ccc(-c2noc3ccccc23)c1Oc1cc2ccccc2s1. The highest BCUT2D eigenvalue weighted by atomic mass is 32.1. The number of hydrogen-bond donors (Lipinski definition) is 0. The number of aromatic nitrogens is 1. The zero-order valence-corrected chi connectivity index (χ0v) is 17.9. The number of nitrogens with zero attached hydrogens (tertiary/aromatic N) is 1. The first-order valence-corrected chi connectivity index (χ1v) is 11.4. The normalized spacial score (nSPS) is 12.2. The number of thiophene rings is 1. The highest BCUT2D eigenvalue weighted by Crippen LogP contribution is 2.49. The summed E-state index contributed by atoms with van der Waals surface area (Å²) in [6.07, 6.45) is 0.843. The van der Waals surface area contributed by atoms with E-state index in [1.807, 2.05) is 24.3 Å². The third kappa shape index (κ3) is 2.63. The van der Waals surface area contributed by atoms with Crippen LogP contribution in [0.3, 0.4) is 0 Å². The van der Waals surface area contributed by atoms with Crippen LogP contribution in [0.4, 0.5) is 0 Å². The maximum absolute atomic E-state index is 6.68. The third-order valence-electron chi connectivity index (χ3n) is 6.17. The lowest BCUT2D eigenvalue weighted by molar-refractivity contribution is 0.457. The van der Waals surface area contributed by atoms with E-state index in [1.165, 1.54) is 32.3 Å². The zero-order chi connectivity index (χ0) is 21.1. The fourth-order valence-corrected chi connectivity index (χ4v) is 5.59. The Bertz CT molecular complexity index is 1610. The van der Waals surface area contributed by atoms with Gasteiger partial charge in [-0.3, -0.25) is 0 Å². The van der Waals surface area contributed by atoms with E-state index in [-0.39, 0.29) is 0 Å². The van der Waals surface area contributed by atoms with E-state index in [9.17, 15) is 0 Å². The molecule has 0 spiro atoms. The van der Waals surface area contributed by atoms with Gasteiger partial charge in [0.2, 0.25) is 0 Å². The van der Waals surface area contributed by atoms with Gasteiger partial charge in [-0.25, -0.2) is 0 Å². The van der Waals surface area contributed by atoms with Crippen LogP contribution in [0.5, 0.6) is 10.8 Å². The first-order chi connectivity index (χ1) is 15.8. The first-order valence-electron chi connectivity index (χ1n) is 10.6. The van der Waals surface area contributed by atoms with Crippen molar-refractivity contribution in [3.8, 4) is 33.2 Å². The molecule has 0 N–H and O–H groups in total. The molecule has 4 aromatic carbocycles. The van der Waals surface area contributed by atoms with Crippen molar-refractivity contribution in [3.63, 3.8) is 0 Å². The van der Waals surface area contributed by atoms with Crippen LogP contribution in [0.15, 0.2) is 95.5 Å². The summed E-state index contributed by atoms with van der Waals surface area (Å²) in [4.78, 5) is 0. The van der Waals surface area contributed by atoms with Crippen LogP contribution in [0, 0.1) is 0 Å². The predicted molar refractivity (Wildman–Crippen MR) is 130 cm³/mol. The van der Waals surface area contributed by atoms with Gasteiger partial charge in [-0.05, 0) is 46.3 Å². The molecule has 32 heavy (non-hydrogen) atoms. The molecule has 0 unspecified atom stereocenters. The summed E-state index contributed by atoms with van der Waals surface area (Å²) in [5.74, 6) is 0.865. The van der Waals surface area contributed by atoms with Gasteiger partial charge in [-0.2, -0.15) is 0 Å². The zero-order valence-electron chi connectivity index (χ0n) is 17.0. The molecule has 0 atom stereocenters. The van der Waals surface area contributed by atoms with Crippen LogP contribution in [0.25, 0.3) is 43.4 Å². The number of hydrogen-bond acceptors (Lipinski definition) is 4. The maximum Gasteiger partial charge on any atom is 0.182 e.